The van der Waals surface area contributed by atoms with Crippen LogP contribution in [0.4, 0.5) is 0 Å². The number of amides is 1. The van der Waals surface area contributed by atoms with E-state index in [2.05, 4.69) is 5.32 Å². The van der Waals surface area contributed by atoms with Gasteiger partial charge in [-0.15, -0.1) is 0 Å². The number of aryl methyl sites for hydroxylation is 2. The summed E-state index contributed by atoms with van der Waals surface area (Å²) in [5.41, 5.74) is 2.96. The van der Waals surface area contributed by atoms with Crippen molar-refractivity contribution in [3.05, 3.63) is 53.1 Å². The van der Waals surface area contributed by atoms with Gasteiger partial charge in [0.2, 0.25) is 0 Å². The van der Waals surface area contributed by atoms with E-state index < -0.39 is 6.10 Å². The van der Waals surface area contributed by atoms with E-state index in [1.165, 1.54) is 0 Å². The molecule has 2 aromatic carbocycles. The van der Waals surface area contributed by atoms with Crippen molar-refractivity contribution >= 4 is 5.91 Å². The number of rotatable bonds is 8. The standard InChI is InChI=1S/C22H29NO4/c1-7-19(27-21-12-14(2)8-9-15(21)3)22(24)23-16(4)18-13-17(25-5)10-11-20(18)26-6/h8-13,16,19H,7H2,1-6H3,(H,23,24)/t16-,19+/m1/s1. The highest BCUT2D eigenvalue weighted by atomic mass is 16.5. The SMILES string of the molecule is CC[C@H](Oc1cc(C)ccc1C)C(=O)N[C@H](C)c1cc(OC)ccc1OC. The third-order valence-corrected chi connectivity index (χ3v) is 4.54. The van der Waals surface area contributed by atoms with Crippen LogP contribution < -0.4 is 19.5 Å². The minimum atomic E-state index is -0.565. The molecule has 0 aliphatic heterocycles. The van der Waals surface area contributed by atoms with Gasteiger partial charge in [0, 0.05) is 5.56 Å². The second kappa shape index (κ2) is 9.31. The van der Waals surface area contributed by atoms with Crippen molar-refractivity contribution in [3.8, 4) is 17.2 Å². The van der Waals surface area contributed by atoms with Crippen molar-refractivity contribution in [2.45, 2.75) is 46.3 Å². The minimum Gasteiger partial charge on any atom is -0.497 e. The van der Waals surface area contributed by atoms with Crippen LogP contribution in [0.3, 0.4) is 0 Å². The van der Waals surface area contributed by atoms with E-state index in [-0.39, 0.29) is 11.9 Å². The van der Waals surface area contributed by atoms with Crippen LogP contribution in [-0.2, 0) is 4.79 Å². The summed E-state index contributed by atoms with van der Waals surface area (Å²) in [7, 11) is 3.22. The van der Waals surface area contributed by atoms with Gasteiger partial charge in [-0.05, 0) is 62.6 Å². The number of methoxy groups -OCH3 is 2. The van der Waals surface area contributed by atoms with E-state index >= 15 is 0 Å². The number of carbonyl (C=O) groups excluding carboxylic acids is 1. The Labute approximate surface area is 161 Å². The first-order valence-electron chi connectivity index (χ1n) is 9.15. The summed E-state index contributed by atoms with van der Waals surface area (Å²) in [6.07, 6.45) is 0.00539. The van der Waals surface area contributed by atoms with Crippen molar-refractivity contribution in [2.75, 3.05) is 14.2 Å². The summed E-state index contributed by atoms with van der Waals surface area (Å²) in [5, 5.41) is 3.03. The normalized spacial score (nSPS) is 12.8. The molecule has 2 aromatic rings. The summed E-state index contributed by atoms with van der Waals surface area (Å²) < 4.78 is 16.7. The molecule has 5 heteroatoms. The Bertz CT molecular complexity index is 788. The Morgan fingerprint density at radius 3 is 2.41 bits per heavy atom. The zero-order chi connectivity index (χ0) is 20.0. The molecule has 0 fully saturated rings. The average molecular weight is 371 g/mol. The van der Waals surface area contributed by atoms with Crippen LogP contribution in [0.1, 0.15) is 43.0 Å². The maximum absolute atomic E-state index is 12.8. The summed E-state index contributed by atoms with van der Waals surface area (Å²) >= 11 is 0. The number of hydrogen-bond donors (Lipinski definition) is 1. The lowest BCUT2D eigenvalue weighted by Gasteiger charge is -2.23. The zero-order valence-corrected chi connectivity index (χ0v) is 17.0. The van der Waals surface area contributed by atoms with Gasteiger partial charge in [0.05, 0.1) is 20.3 Å². The fraction of sp³-hybridized carbons (Fsp3) is 0.409. The molecule has 0 spiro atoms. The molecule has 0 radical (unpaired) electrons. The Kier molecular flexibility index (Phi) is 7.11. The number of ether oxygens (including phenoxy) is 3. The maximum atomic E-state index is 12.8. The van der Waals surface area contributed by atoms with Crippen LogP contribution >= 0.6 is 0 Å². The summed E-state index contributed by atoms with van der Waals surface area (Å²) in [6.45, 7) is 7.83. The molecule has 0 saturated carbocycles. The molecule has 0 bridgehead atoms. The molecule has 0 aromatic heterocycles. The van der Waals surface area contributed by atoms with Gasteiger partial charge in [-0.25, -0.2) is 0 Å². The van der Waals surface area contributed by atoms with Gasteiger partial charge in [-0.3, -0.25) is 4.79 Å². The average Bonchev–Trinajstić information content (AvgIpc) is 2.67. The fourth-order valence-corrected chi connectivity index (χ4v) is 2.87. The Balaban J connectivity index is 2.15. The van der Waals surface area contributed by atoms with E-state index in [0.29, 0.717) is 17.9 Å². The molecule has 1 amide bonds. The molecule has 146 valence electrons. The first-order valence-corrected chi connectivity index (χ1v) is 9.15. The third kappa shape index (κ3) is 5.16. The van der Waals surface area contributed by atoms with E-state index in [1.807, 2.05) is 64.1 Å². The number of hydrogen-bond acceptors (Lipinski definition) is 4. The van der Waals surface area contributed by atoms with E-state index in [1.54, 1.807) is 14.2 Å². The summed E-state index contributed by atoms with van der Waals surface area (Å²) in [6, 6.07) is 11.3. The van der Waals surface area contributed by atoms with E-state index in [9.17, 15) is 4.79 Å². The Morgan fingerprint density at radius 2 is 1.78 bits per heavy atom. The van der Waals surface area contributed by atoms with Gasteiger partial charge in [-0.1, -0.05) is 19.1 Å². The van der Waals surface area contributed by atoms with Crippen molar-refractivity contribution in [2.24, 2.45) is 0 Å². The first-order chi connectivity index (χ1) is 12.9. The molecule has 0 aliphatic carbocycles. The molecule has 5 nitrogen and oxygen atoms in total. The highest BCUT2D eigenvalue weighted by Gasteiger charge is 2.23. The maximum Gasteiger partial charge on any atom is 0.261 e. The van der Waals surface area contributed by atoms with Crippen LogP contribution in [0.5, 0.6) is 17.2 Å². The highest BCUT2D eigenvalue weighted by molar-refractivity contribution is 5.81. The largest absolute Gasteiger partial charge is 0.497 e. The molecule has 1 N–H and O–H groups in total. The first kappa shape index (κ1) is 20.6. The second-order valence-corrected chi connectivity index (χ2v) is 6.62. The van der Waals surface area contributed by atoms with Crippen molar-refractivity contribution in [3.63, 3.8) is 0 Å². The topological polar surface area (TPSA) is 56.8 Å². The third-order valence-electron chi connectivity index (χ3n) is 4.54. The van der Waals surface area contributed by atoms with Gasteiger partial charge in [0.25, 0.3) is 5.91 Å². The second-order valence-electron chi connectivity index (χ2n) is 6.62. The van der Waals surface area contributed by atoms with Gasteiger partial charge in [0.1, 0.15) is 17.2 Å². The predicted molar refractivity (Wildman–Crippen MR) is 107 cm³/mol. The van der Waals surface area contributed by atoms with Crippen molar-refractivity contribution in [1.29, 1.82) is 0 Å². The molecule has 2 rings (SSSR count). The molecule has 0 aliphatic rings. The molecule has 0 heterocycles. The Morgan fingerprint density at radius 1 is 1.04 bits per heavy atom. The molecule has 0 saturated heterocycles. The lowest BCUT2D eigenvalue weighted by molar-refractivity contribution is -0.128. The minimum absolute atomic E-state index is 0.157. The number of benzene rings is 2. The monoisotopic (exact) mass is 371 g/mol. The van der Waals surface area contributed by atoms with Gasteiger partial charge in [-0.2, -0.15) is 0 Å². The molecule has 2 atom stereocenters. The van der Waals surface area contributed by atoms with Gasteiger partial charge < -0.3 is 19.5 Å². The lowest BCUT2D eigenvalue weighted by atomic mass is 10.1. The van der Waals surface area contributed by atoms with Crippen LogP contribution in [0.15, 0.2) is 36.4 Å². The van der Waals surface area contributed by atoms with E-state index in [4.69, 9.17) is 14.2 Å². The van der Waals surface area contributed by atoms with Gasteiger partial charge >= 0.3 is 0 Å². The van der Waals surface area contributed by atoms with Gasteiger partial charge in [0.15, 0.2) is 6.10 Å². The van der Waals surface area contributed by atoms with E-state index in [0.717, 1.165) is 22.4 Å². The quantitative estimate of drug-likeness (QED) is 0.749. The smallest absolute Gasteiger partial charge is 0.261 e. The number of nitrogens with one attached hydrogen (secondary N) is 1. The van der Waals surface area contributed by atoms with Crippen LogP contribution in [0, 0.1) is 13.8 Å². The molecule has 27 heavy (non-hydrogen) atoms. The lowest BCUT2D eigenvalue weighted by Crippen LogP contribution is -2.39. The van der Waals surface area contributed by atoms with Crippen LogP contribution in [0.2, 0.25) is 0 Å². The van der Waals surface area contributed by atoms with Crippen molar-refractivity contribution < 1.29 is 19.0 Å². The summed E-state index contributed by atoms with van der Waals surface area (Å²) in [5.74, 6) is 2.00. The summed E-state index contributed by atoms with van der Waals surface area (Å²) in [4.78, 5) is 12.8. The highest BCUT2D eigenvalue weighted by Crippen LogP contribution is 2.29. The molecular formula is C22H29NO4. The van der Waals surface area contributed by atoms with Crippen LogP contribution in [0.25, 0.3) is 0 Å². The predicted octanol–water partition coefficient (Wildman–Crippen LogP) is 4.36. The Hall–Kier alpha value is -2.69. The zero-order valence-electron chi connectivity index (χ0n) is 17.0. The van der Waals surface area contributed by atoms with Crippen LogP contribution in [-0.4, -0.2) is 26.2 Å². The number of carbonyl (C=O) groups is 1. The fourth-order valence-electron chi connectivity index (χ4n) is 2.87. The molecular weight excluding hydrogens is 342 g/mol. The van der Waals surface area contributed by atoms with Crippen molar-refractivity contribution in [1.82, 2.24) is 5.32 Å². The molecule has 0 unspecified atom stereocenters.